The summed E-state index contributed by atoms with van der Waals surface area (Å²) >= 11 is 10.5. The van der Waals surface area contributed by atoms with Gasteiger partial charge in [0.15, 0.2) is 9.54 Å². The molecule has 0 saturated carbocycles. The second kappa shape index (κ2) is 12.5. The van der Waals surface area contributed by atoms with Crippen molar-refractivity contribution in [3.63, 3.8) is 0 Å². The van der Waals surface area contributed by atoms with Gasteiger partial charge in [-0.25, -0.2) is 0 Å². The summed E-state index contributed by atoms with van der Waals surface area (Å²) in [7, 11) is 1.58. The molecule has 12 nitrogen and oxygen atoms in total. The number of nitrogens with one attached hydrogen (secondary N) is 3. The van der Waals surface area contributed by atoms with Crippen molar-refractivity contribution in [3.05, 3.63) is 105 Å². The van der Waals surface area contributed by atoms with Crippen LogP contribution in [0, 0.1) is 15.5 Å². The molecule has 6 rings (SSSR count). The molecule has 3 aromatic heterocycles. The fourth-order valence-corrected chi connectivity index (χ4v) is 7.98. The number of pyridine rings is 1. The number of ether oxygens (including phenoxy) is 1. The molecule has 1 aromatic carbocycles. The van der Waals surface area contributed by atoms with E-state index in [2.05, 4.69) is 9.97 Å². The van der Waals surface area contributed by atoms with Gasteiger partial charge in [-0.05, 0) is 74.3 Å². The van der Waals surface area contributed by atoms with E-state index in [0.717, 1.165) is 30.8 Å². The maximum atomic E-state index is 13.8. The van der Waals surface area contributed by atoms with Gasteiger partial charge in [-0.1, -0.05) is 12.1 Å². The van der Waals surface area contributed by atoms with Crippen molar-refractivity contribution < 1.29 is 19.8 Å². The predicted octanol–water partition coefficient (Wildman–Crippen LogP) is 1.50. The van der Waals surface area contributed by atoms with Crippen LogP contribution in [0.15, 0.2) is 50.8 Å². The number of hydrogen-bond donors (Lipinski definition) is 4. The summed E-state index contributed by atoms with van der Waals surface area (Å²) in [4.78, 5) is 46.1. The Labute approximate surface area is 274 Å². The number of H-pyrrole nitrogens is 2. The SMILES string of the molecule is CCn1c([O-])c(C(c2ccc(OC)c(C[NH+]3C[C@H]4C[C@@H](C3)c3cccc(=O)n3C4)c2)c2c(O)n(CC)c(=S)[nH]c2=O)c(=O)[nH]c1=S. The number of aromatic hydroxyl groups is 1. The lowest BCUT2D eigenvalue weighted by atomic mass is 9.82. The van der Waals surface area contributed by atoms with Crippen LogP contribution in [0.5, 0.6) is 17.5 Å². The third-order valence-corrected chi connectivity index (χ3v) is 10.00. The van der Waals surface area contributed by atoms with Crippen molar-refractivity contribution in [2.24, 2.45) is 5.92 Å². The first-order chi connectivity index (χ1) is 22.1. The molecule has 4 aromatic rings. The van der Waals surface area contributed by atoms with Crippen LogP contribution >= 0.6 is 24.4 Å². The Balaban J connectivity index is 1.49. The summed E-state index contributed by atoms with van der Waals surface area (Å²) in [5.74, 6) is -1.13. The molecule has 0 radical (unpaired) electrons. The molecule has 2 aliphatic rings. The standard InChI is InChI=1S/C32H36N6O6S2/c1-4-36-29(42)25(27(40)33-31(36)45)24(26-28(41)34-32(46)37(5-2)30(26)43)18-9-10-22(44-3)20(12-18)16-35-13-17-11-19(15-35)21-7-6-8-23(39)38(21)14-17/h6-10,12,17,19,24,42-43H,4-5,11,13-16H2,1-3H3,(H,33,40,45)(H,34,41,46)/t17-,19+/m1/s1. The Morgan fingerprint density at radius 1 is 1.02 bits per heavy atom. The summed E-state index contributed by atoms with van der Waals surface area (Å²) in [5, 5.41) is 25.2. The smallest absolute Gasteiger partial charge is 0.259 e. The summed E-state index contributed by atoms with van der Waals surface area (Å²) in [6.07, 6.45) is 1.02. The number of quaternary nitrogens is 1. The first-order valence-electron chi connectivity index (χ1n) is 15.4. The van der Waals surface area contributed by atoms with Gasteiger partial charge in [0.1, 0.15) is 12.3 Å². The van der Waals surface area contributed by atoms with Crippen LogP contribution in [0.25, 0.3) is 0 Å². The van der Waals surface area contributed by atoms with Crippen LogP contribution in [0.4, 0.5) is 0 Å². The number of nitrogens with zero attached hydrogens (tertiary/aromatic N) is 3. The Bertz CT molecular complexity index is 2050. The summed E-state index contributed by atoms with van der Waals surface area (Å²) < 4.78 is 10.2. The summed E-state index contributed by atoms with van der Waals surface area (Å²) in [6, 6.07) is 10.8. The topological polar surface area (TPSA) is 155 Å². The van der Waals surface area contributed by atoms with Gasteiger partial charge < -0.3 is 29.0 Å². The number of hydrogen-bond acceptors (Lipinski definition) is 8. The monoisotopic (exact) mass is 664 g/mol. The van der Waals surface area contributed by atoms with E-state index in [1.54, 1.807) is 39.2 Å². The van der Waals surface area contributed by atoms with Gasteiger partial charge in [-0.3, -0.25) is 28.9 Å². The second-order valence-corrected chi connectivity index (χ2v) is 12.8. The molecule has 14 heteroatoms. The van der Waals surface area contributed by atoms with Crippen molar-refractivity contribution in [1.29, 1.82) is 0 Å². The molecule has 2 unspecified atom stereocenters. The van der Waals surface area contributed by atoms with Gasteiger partial charge in [0.05, 0.1) is 31.7 Å². The van der Waals surface area contributed by atoms with Crippen molar-refractivity contribution in [2.45, 2.75) is 58.3 Å². The van der Waals surface area contributed by atoms with E-state index >= 15 is 0 Å². The average Bonchev–Trinajstić information content (AvgIpc) is 3.01. The molecule has 2 bridgehead atoms. The third kappa shape index (κ3) is 5.43. The molecule has 0 spiro atoms. The van der Waals surface area contributed by atoms with Gasteiger partial charge >= 0.3 is 0 Å². The lowest BCUT2D eigenvalue weighted by Crippen LogP contribution is -3.13. The molecule has 46 heavy (non-hydrogen) atoms. The van der Waals surface area contributed by atoms with Crippen LogP contribution < -0.4 is 31.4 Å². The molecular weight excluding hydrogens is 629 g/mol. The summed E-state index contributed by atoms with van der Waals surface area (Å²) in [6.45, 7) is 6.83. The summed E-state index contributed by atoms with van der Waals surface area (Å²) in [5.41, 5.74) is 0.497. The molecule has 5 heterocycles. The number of methoxy groups -OCH3 is 1. The minimum absolute atomic E-state index is 0.0202. The maximum absolute atomic E-state index is 13.8. The lowest BCUT2D eigenvalue weighted by Gasteiger charge is -2.40. The molecule has 1 saturated heterocycles. The van der Waals surface area contributed by atoms with Crippen molar-refractivity contribution >= 4 is 24.4 Å². The molecule has 2 aliphatic heterocycles. The van der Waals surface area contributed by atoms with E-state index in [9.17, 15) is 24.6 Å². The van der Waals surface area contributed by atoms with E-state index < -0.39 is 28.8 Å². The van der Waals surface area contributed by atoms with Crippen LogP contribution in [0.2, 0.25) is 0 Å². The highest BCUT2D eigenvalue weighted by molar-refractivity contribution is 7.71. The number of fused-ring (bicyclic) bond motifs is 4. The van der Waals surface area contributed by atoms with E-state index in [1.165, 1.54) is 14.0 Å². The molecule has 0 aliphatic carbocycles. The van der Waals surface area contributed by atoms with Gasteiger partial charge in [-0.2, -0.15) is 0 Å². The second-order valence-electron chi connectivity index (χ2n) is 12.0. The minimum Gasteiger partial charge on any atom is -0.860 e. The Hall–Kier alpha value is -4.27. The van der Waals surface area contributed by atoms with E-state index in [-0.39, 0.29) is 45.2 Å². The van der Waals surface area contributed by atoms with Crippen molar-refractivity contribution in [3.8, 4) is 17.5 Å². The van der Waals surface area contributed by atoms with Crippen LogP contribution in [0.3, 0.4) is 0 Å². The lowest BCUT2D eigenvalue weighted by molar-refractivity contribution is -0.924. The van der Waals surface area contributed by atoms with Gasteiger partial charge in [-0.15, -0.1) is 0 Å². The minimum atomic E-state index is -1.25. The number of likely N-dealkylation sites (tertiary alicyclic amines) is 1. The largest absolute Gasteiger partial charge is 0.860 e. The zero-order valence-corrected chi connectivity index (χ0v) is 27.4. The Kier molecular flexibility index (Phi) is 8.61. The predicted molar refractivity (Wildman–Crippen MR) is 174 cm³/mol. The molecule has 0 amide bonds. The Morgan fingerprint density at radius 2 is 1.72 bits per heavy atom. The fourth-order valence-electron chi connectivity index (χ4n) is 7.36. The van der Waals surface area contributed by atoms with Gasteiger partial charge in [0.2, 0.25) is 5.88 Å². The van der Waals surface area contributed by atoms with Crippen LogP contribution in [-0.4, -0.2) is 49.0 Å². The molecule has 4 atom stereocenters. The average molecular weight is 665 g/mol. The zero-order valence-electron chi connectivity index (χ0n) is 25.8. The molecular formula is C32H36N6O6S2. The Morgan fingerprint density at radius 3 is 2.41 bits per heavy atom. The van der Waals surface area contributed by atoms with E-state index in [1.807, 2.05) is 22.8 Å². The van der Waals surface area contributed by atoms with Gasteiger partial charge in [0.25, 0.3) is 16.7 Å². The number of aromatic amines is 2. The highest BCUT2D eigenvalue weighted by atomic mass is 32.1. The first kappa shape index (κ1) is 31.7. The molecule has 1 fully saturated rings. The molecule has 4 N–H and O–H groups in total. The van der Waals surface area contributed by atoms with Gasteiger partial charge in [0, 0.05) is 54.4 Å². The van der Waals surface area contributed by atoms with Crippen LogP contribution in [0.1, 0.15) is 60.1 Å². The first-order valence-corrected chi connectivity index (χ1v) is 16.2. The maximum Gasteiger partial charge on any atom is 0.259 e. The number of piperidine rings is 1. The molecule has 242 valence electrons. The normalized spacial score (nSPS) is 19.4. The van der Waals surface area contributed by atoms with Crippen molar-refractivity contribution in [1.82, 2.24) is 23.7 Å². The number of aromatic nitrogens is 5. The fraction of sp³-hybridized carbons (Fsp3) is 0.406. The van der Waals surface area contributed by atoms with Crippen molar-refractivity contribution in [2.75, 3.05) is 20.2 Å². The zero-order chi connectivity index (χ0) is 32.9. The highest BCUT2D eigenvalue weighted by Crippen LogP contribution is 2.38. The quantitative estimate of drug-likeness (QED) is 0.207. The third-order valence-electron chi connectivity index (χ3n) is 9.35. The highest BCUT2D eigenvalue weighted by Gasteiger charge is 2.38. The van der Waals surface area contributed by atoms with E-state index in [4.69, 9.17) is 29.2 Å². The number of benzene rings is 1. The number of rotatable bonds is 8. The van der Waals surface area contributed by atoms with Crippen LogP contribution in [-0.2, 0) is 26.2 Å². The van der Waals surface area contributed by atoms with E-state index in [0.29, 0.717) is 30.3 Å².